The quantitative estimate of drug-likeness (QED) is 0.744. The van der Waals surface area contributed by atoms with Crippen molar-refractivity contribution in [1.29, 1.82) is 0 Å². The molecule has 1 rings (SSSR count). The fourth-order valence-electron chi connectivity index (χ4n) is 0.898. The lowest BCUT2D eigenvalue weighted by Crippen LogP contribution is -2.34. The van der Waals surface area contributed by atoms with E-state index in [1.54, 1.807) is 0 Å². The maximum Gasteiger partial charge on any atom is 0.413 e. The van der Waals surface area contributed by atoms with Crippen molar-refractivity contribution < 1.29 is 18.3 Å². The van der Waals surface area contributed by atoms with Gasteiger partial charge < -0.3 is 10.1 Å². The predicted molar refractivity (Wildman–Crippen MR) is 58.1 cm³/mol. The van der Waals surface area contributed by atoms with Crippen molar-refractivity contribution in [2.75, 3.05) is 12.4 Å². The number of halogens is 2. The van der Waals surface area contributed by atoms with Crippen LogP contribution in [-0.2, 0) is 4.74 Å². The monoisotopic (exact) mass is 246 g/mol. The summed E-state index contributed by atoms with van der Waals surface area (Å²) in [6.45, 7) is 0. The van der Waals surface area contributed by atoms with Crippen molar-refractivity contribution in [3.8, 4) is 0 Å². The average Bonchev–Trinajstić information content (AvgIpc) is 2.24. The zero-order valence-corrected chi connectivity index (χ0v) is 9.03. The number of rotatable bonds is 1. The number of hydrogen-bond donors (Lipinski definition) is 2. The Morgan fingerprint density at radius 2 is 2.12 bits per heavy atom. The molecule has 0 saturated carbocycles. The van der Waals surface area contributed by atoms with Crippen molar-refractivity contribution in [3.63, 3.8) is 0 Å². The minimum absolute atomic E-state index is 0.165. The summed E-state index contributed by atoms with van der Waals surface area (Å²) in [5, 5.41) is 4.23. The first kappa shape index (κ1) is 12.3. The molecule has 0 aliphatic carbocycles. The summed E-state index contributed by atoms with van der Waals surface area (Å²) in [6.07, 6.45) is -0.797. The van der Waals surface area contributed by atoms with Crippen LogP contribution >= 0.6 is 12.2 Å². The van der Waals surface area contributed by atoms with Gasteiger partial charge in [0, 0.05) is 0 Å². The van der Waals surface area contributed by atoms with Gasteiger partial charge in [-0.1, -0.05) is 6.07 Å². The van der Waals surface area contributed by atoms with E-state index in [4.69, 9.17) is 0 Å². The second-order valence-electron chi connectivity index (χ2n) is 2.67. The van der Waals surface area contributed by atoms with E-state index in [0.717, 1.165) is 13.2 Å². The first-order valence-electron chi connectivity index (χ1n) is 4.14. The molecular weight excluding hydrogens is 238 g/mol. The maximum absolute atomic E-state index is 13.1. The third kappa shape index (κ3) is 3.13. The first-order chi connectivity index (χ1) is 7.54. The molecule has 0 aliphatic rings. The van der Waals surface area contributed by atoms with Crippen LogP contribution in [0.5, 0.6) is 0 Å². The van der Waals surface area contributed by atoms with E-state index in [2.05, 4.69) is 27.6 Å². The van der Waals surface area contributed by atoms with Gasteiger partial charge in [-0.05, 0) is 24.4 Å². The Morgan fingerprint density at radius 3 is 2.75 bits per heavy atom. The number of nitrogens with one attached hydrogen (secondary N) is 2. The third-order valence-corrected chi connectivity index (χ3v) is 1.80. The molecule has 86 valence electrons. The molecule has 1 amide bonds. The lowest BCUT2D eigenvalue weighted by atomic mass is 10.3. The minimum atomic E-state index is -1.07. The molecule has 0 fully saturated rings. The van der Waals surface area contributed by atoms with Crippen molar-refractivity contribution in [3.05, 3.63) is 29.8 Å². The third-order valence-electron chi connectivity index (χ3n) is 1.60. The lowest BCUT2D eigenvalue weighted by Gasteiger charge is -2.09. The predicted octanol–water partition coefficient (Wildman–Crippen LogP) is 2.02. The maximum atomic E-state index is 13.1. The number of hydrogen-bond acceptors (Lipinski definition) is 3. The van der Waals surface area contributed by atoms with E-state index < -0.39 is 17.7 Å². The summed E-state index contributed by atoms with van der Waals surface area (Å²) < 4.78 is 30.2. The number of carbonyl (C=O) groups is 1. The van der Waals surface area contributed by atoms with Crippen molar-refractivity contribution >= 4 is 29.1 Å². The lowest BCUT2D eigenvalue weighted by molar-refractivity contribution is 0.177. The fourth-order valence-corrected chi connectivity index (χ4v) is 1.09. The molecule has 0 bridgehead atoms. The summed E-state index contributed by atoms with van der Waals surface area (Å²) in [7, 11) is 1.15. The van der Waals surface area contributed by atoms with Gasteiger partial charge in [-0.15, -0.1) is 0 Å². The van der Waals surface area contributed by atoms with Gasteiger partial charge in [-0.25, -0.2) is 13.6 Å². The number of anilines is 1. The van der Waals surface area contributed by atoms with Gasteiger partial charge in [0.05, 0.1) is 12.8 Å². The summed E-state index contributed by atoms with van der Waals surface area (Å²) in [4.78, 5) is 10.7. The number of benzene rings is 1. The second-order valence-corrected chi connectivity index (χ2v) is 3.08. The highest BCUT2D eigenvalue weighted by Gasteiger charge is 2.10. The van der Waals surface area contributed by atoms with Crippen LogP contribution in [0.1, 0.15) is 0 Å². The van der Waals surface area contributed by atoms with E-state index in [0.29, 0.717) is 0 Å². The van der Waals surface area contributed by atoms with Crippen LogP contribution < -0.4 is 10.6 Å². The van der Waals surface area contributed by atoms with E-state index in [1.165, 1.54) is 12.1 Å². The molecule has 0 aliphatic heterocycles. The number of ether oxygens (including phenoxy) is 1. The number of amides is 1. The first-order valence-corrected chi connectivity index (χ1v) is 4.55. The Bertz CT molecular complexity index is 426. The molecule has 2 N–H and O–H groups in total. The van der Waals surface area contributed by atoms with Gasteiger partial charge in [-0.3, -0.25) is 5.32 Å². The average molecular weight is 246 g/mol. The van der Waals surface area contributed by atoms with Crippen LogP contribution in [-0.4, -0.2) is 18.3 Å². The normalized spacial score (nSPS) is 9.44. The Morgan fingerprint density at radius 1 is 1.44 bits per heavy atom. The highest BCUT2D eigenvalue weighted by molar-refractivity contribution is 7.80. The number of carbonyl (C=O) groups excluding carboxylic acids is 1. The van der Waals surface area contributed by atoms with E-state index in [-0.39, 0.29) is 10.8 Å². The molecule has 1 aromatic rings. The summed E-state index contributed by atoms with van der Waals surface area (Å²) in [5.41, 5.74) is -0.165. The minimum Gasteiger partial charge on any atom is -0.453 e. The summed E-state index contributed by atoms with van der Waals surface area (Å²) in [6, 6.07) is 3.56. The number of methoxy groups -OCH3 is 1. The largest absolute Gasteiger partial charge is 0.453 e. The molecule has 0 atom stereocenters. The van der Waals surface area contributed by atoms with Crippen LogP contribution in [0.25, 0.3) is 0 Å². The molecule has 0 aromatic heterocycles. The standard InChI is InChI=1S/C9H8F2N2O2S/c1-15-9(14)13-8(16)12-6-4-2-3-5(10)7(6)11/h2-4H,1H3,(H2,12,13,14,16). The van der Waals surface area contributed by atoms with Gasteiger partial charge in [0.1, 0.15) is 0 Å². The molecule has 0 saturated heterocycles. The van der Waals surface area contributed by atoms with Gasteiger partial charge in [0.25, 0.3) is 0 Å². The Labute approximate surface area is 95.6 Å². The number of alkyl carbamates (subject to hydrolysis) is 1. The molecule has 1 aromatic carbocycles. The van der Waals surface area contributed by atoms with E-state index in [9.17, 15) is 13.6 Å². The van der Waals surface area contributed by atoms with Crippen LogP contribution in [0.4, 0.5) is 19.3 Å². The van der Waals surface area contributed by atoms with Crippen LogP contribution in [0.3, 0.4) is 0 Å². The van der Waals surface area contributed by atoms with Crippen molar-refractivity contribution in [2.24, 2.45) is 0 Å². The second kappa shape index (κ2) is 5.36. The molecule has 0 unspecified atom stereocenters. The Balaban J connectivity index is 2.70. The van der Waals surface area contributed by atoms with Gasteiger partial charge in [0.2, 0.25) is 0 Å². The molecule has 0 heterocycles. The zero-order chi connectivity index (χ0) is 12.1. The highest BCUT2D eigenvalue weighted by Crippen LogP contribution is 2.16. The smallest absolute Gasteiger partial charge is 0.413 e. The number of thiocarbonyl (C=S) groups is 1. The topological polar surface area (TPSA) is 50.4 Å². The van der Waals surface area contributed by atoms with E-state index >= 15 is 0 Å². The molecule has 0 radical (unpaired) electrons. The fraction of sp³-hybridized carbons (Fsp3) is 0.111. The highest BCUT2D eigenvalue weighted by atomic mass is 32.1. The Hall–Kier alpha value is -1.76. The van der Waals surface area contributed by atoms with E-state index in [1.807, 2.05) is 0 Å². The SMILES string of the molecule is COC(=O)NC(=S)Nc1cccc(F)c1F. The molecule has 4 nitrogen and oxygen atoms in total. The van der Waals surface area contributed by atoms with Crippen molar-refractivity contribution in [2.45, 2.75) is 0 Å². The summed E-state index contributed by atoms with van der Waals surface area (Å²) in [5.74, 6) is -2.08. The molecule has 7 heteroatoms. The summed E-state index contributed by atoms with van der Waals surface area (Å²) >= 11 is 4.67. The van der Waals surface area contributed by atoms with Crippen molar-refractivity contribution in [1.82, 2.24) is 5.32 Å². The van der Waals surface area contributed by atoms with Gasteiger partial charge in [0.15, 0.2) is 16.7 Å². The van der Waals surface area contributed by atoms with Crippen LogP contribution in [0.2, 0.25) is 0 Å². The van der Waals surface area contributed by atoms with Gasteiger partial charge >= 0.3 is 6.09 Å². The Kier molecular flexibility index (Phi) is 4.12. The van der Waals surface area contributed by atoms with Crippen LogP contribution in [0, 0.1) is 11.6 Å². The van der Waals surface area contributed by atoms with Gasteiger partial charge in [-0.2, -0.15) is 0 Å². The van der Waals surface area contributed by atoms with Crippen LogP contribution in [0.15, 0.2) is 18.2 Å². The zero-order valence-electron chi connectivity index (χ0n) is 8.21. The molecule has 0 spiro atoms. The molecular formula is C9H8F2N2O2S. The molecule has 16 heavy (non-hydrogen) atoms.